The highest BCUT2D eigenvalue weighted by molar-refractivity contribution is 9.10. The minimum atomic E-state index is 0.524. The molecule has 0 amide bonds. The molecule has 0 aliphatic carbocycles. The van der Waals surface area contributed by atoms with Gasteiger partial charge in [-0.1, -0.05) is 11.6 Å². The number of aromatic nitrogens is 2. The minimum absolute atomic E-state index is 0.524. The van der Waals surface area contributed by atoms with Crippen molar-refractivity contribution < 1.29 is 4.74 Å². The number of pyridine rings is 1. The molecule has 0 aliphatic rings. The Bertz CT molecular complexity index is 455. The molecule has 0 aromatic carbocycles. The number of fused-ring (bicyclic) bond motifs is 1. The lowest BCUT2D eigenvalue weighted by Gasteiger charge is -2.03. The Hall–Kier alpha value is -0.740. The van der Waals surface area contributed by atoms with E-state index < -0.39 is 0 Å². The first-order valence-corrected chi connectivity index (χ1v) is 4.76. The Labute approximate surface area is 88.4 Å². The van der Waals surface area contributed by atoms with Gasteiger partial charge < -0.3 is 4.74 Å². The molecule has 68 valence electrons. The summed E-state index contributed by atoms with van der Waals surface area (Å²) in [4.78, 5) is 4.13. The molecule has 0 radical (unpaired) electrons. The highest BCUT2D eigenvalue weighted by Crippen LogP contribution is 2.29. The number of halogens is 2. The Morgan fingerprint density at radius 1 is 1.62 bits per heavy atom. The van der Waals surface area contributed by atoms with Gasteiger partial charge in [0.05, 0.1) is 13.3 Å². The molecule has 0 saturated heterocycles. The third-order valence-electron chi connectivity index (χ3n) is 1.76. The summed E-state index contributed by atoms with van der Waals surface area (Å²) in [7, 11) is 1.58. The number of hydrogen-bond acceptors (Lipinski definition) is 2. The second kappa shape index (κ2) is 3.20. The zero-order valence-electron chi connectivity index (χ0n) is 6.79. The maximum absolute atomic E-state index is 6.03. The molecule has 0 saturated carbocycles. The topological polar surface area (TPSA) is 26.5 Å². The molecule has 0 N–H and O–H groups in total. The van der Waals surface area contributed by atoms with Gasteiger partial charge in [0.2, 0.25) is 0 Å². The SMILES string of the molecule is COc1ccn2c(Br)cnc2c1Cl. The number of imidazole rings is 1. The minimum Gasteiger partial charge on any atom is -0.495 e. The molecule has 2 aromatic heterocycles. The van der Waals surface area contributed by atoms with Crippen molar-refractivity contribution in [3.63, 3.8) is 0 Å². The molecular formula is C8H6BrClN2O. The molecule has 0 atom stereocenters. The van der Waals surface area contributed by atoms with E-state index in [0.717, 1.165) is 4.60 Å². The summed E-state index contributed by atoms with van der Waals surface area (Å²) in [5.74, 6) is 0.632. The fourth-order valence-electron chi connectivity index (χ4n) is 1.13. The van der Waals surface area contributed by atoms with Crippen LogP contribution in [0.5, 0.6) is 5.75 Å². The highest BCUT2D eigenvalue weighted by atomic mass is 79.9. The standard InChI is InChI=1S/C8H6BrClN2O/c1-13-5-2-3-12-6(9)4-11-8(12)7(5)10/h2-4H,1H3. The van der Waals surface area contributed by atoms with E-state index in [4.69, 9.17) is 16.3 Å². The molecule has 0 spiro atoms. The first kappa shape index (κ1) is 8.84. The molecule has 2 aromatic rings. The number of methoxy groups -OCH3 is 1. The Morgan fingerprint density at radius 2 is 2.38 bits per heavy atom. The molecule has 0 fully saturated rings. The third-order valence-corrected chi connectivity index (χ3v) is 2.70. The highest BCUT2D eigenvalue weighted by Gasteiger charge is 2.08. The van der Waals surface area contributed by atoms with Crippen LogP contribution in [0.1, 0.15) is 0 Å². The van der Waals surface area contributed by atoms with Crippen LogP contribution in [0.2, 0.25) is 5.02 Å². The number of rotatable bonds is 1. The molecule has 13 heavy (non-hydrogen) atoms. The number of hydrogen-bond donors (Lipinski definition) is 0. The van der Waals surface area contributed by atoms with Gasteiger partial charge in [-0.25, -0.2) is 4.98 Å². The van der Waals surface area contributed by atoms with Crippen LogP contribution < -0.4 is 4.74 Å². The number of ether oxygens (including phenoxy) is 1. The van der Waals surface area contributed by atoms with Gasteiger partial charge in [-0.05, 0) is 22.0 Å². The molecule has 3 nitrogen and oxygen atoms in total. The van der Waals surface area contributed by atoms with Gasteiger partial charge in [0.1, 0.15) is 15.4 Å². The largest absolute Gasteiger partial charge is 0.495 e. The normalized spacial score (nSPS) is 10.7. The lowest BCUT2D eigenvalue weighted by molar-refractivity contribution is 0.415. The zero-order valence-corrected chi connectivity index (χ0v) is 9.13. The fraction of sp³-hybridized carbons (Fsp3) is 0.125. The van der Waals surface area contributed by atoms with Crippen molar-refractivity contribution in [2.45, 2.75) is 0 Å². The molecule has 2 heterocycles. The average Bonchev–Trinajstić information content (AvgIpc) is 2.50. The summed E-state index contributed by atoms with van der Waals surface area (Å²) >= 11 is 9.37. The van der Waals surface area contributed by atoms with Gasteiger partial charge in [-0.2, -0.15) is 0 Å². The van der Waals surface area contributed by atoms with Gasteiger partial charge in [0.15, 0.2) is 5.65 Å². The van der Waals surface area contributed by atoms with Crippen molar-refractivity contribution in [3.8, 4) is 5.75 Å². The Morgan fingerprint density at radius 3 is 3.08 bits per heavy atom. The van der Waals surface area contributed by atoms with Crippen LogP contribution in [0.15, 0.2) is 23.1 Å². The second-order valence-corrected chi connectivity index (χ2v) is 3.66. The van der Waals surface area contributed by atoms with Gasteiger partial charge in [0, 0.05) is 6.20 Å². The maximum Gasteiger partial charge on any atom is 0.160 e. The van der Waals surface area contributed by atoms with Gasteiger partial charge in [0.25, 0.3) is 0 Å². The molecule has 5 heteroatoms. The second-order valence-electron chi connectivity index (χ2n) is 2.47. The number of nitrogens with zero attached hydrogens (tertiary/aromatic N) is 2. The van der Waals surface area contributed by atoms with Crippen LogP contribution in [0, 0.1) is 0 Å². The van der Waals surface area contributed by atoms with E-state index in [1.54, 1.807) is 19.4 Å². The summed E-state index contributed by atoms with van der Waals surface area (Å²) in [6, 6.07) is 1.79. The lowest BCUT2D eigenvalue weighted by Crippen LogP contribution is -1.90. The van der Waals surface area contributed by atoms with Gasteiger partial charge >= 0.3 is 0 Å². The van der Waals surface area contributed by atoms with Crippen molar-refractivity contribution >= 4 is 33.2 Å². The van der Waals surface area contributed by atoms with E-state index in [9.17, 15) is 0 Å². The van der Waals surface area contributed by atoms with E-state index in [1.165, 1.54) is 0 Å². The van der Waals surface area contributed by atoms with E-state index in [1.807, 2.05) is 10.6 Å². The van der Waals surface area contributed by atoms with Gasteiger partial charge in [-0.3, -0.25) is 4.40 Å². The Balaban J connectivity index is 2.80. The van der Waals surface area contributed by atoms with E-state index >= 15 is 0 Å². The smallest absolute Gasteiger partial charge is 0.160 e. The Kier molecular flexibility index (Phi) is 2.17. The van der Waals surface area contributed by atoms with Crippen molar-refractivity contribution in [2.24, 2.45) is 0 Å². The summed E-state index contributed by atoms with van der Waals surface area (Å²) in [5.41, 5.74) is 0.688. The average molecular weight is 262 g/mol. The summed E-state index contributed by atoms with van der Waals surface area (Å²) < 4.78 is 7.77. The quantitative estimate of drug-likeness (QED) is 0.789. The van der Waals surface area contributed by atoms with Crippen LogP contribution >= 0.6 is 27.5 Å². The fourth-order valence-corrected chi connectivity index (χ4v) is 1.80. The summed E-state index contributed by atoms with van der Waals surface area (Å²) in [5, 5.41) is 0.524. The predicted octanol–water partition coefficient (Wildman–Crippen LogP) is 2.76. The molecule has 2 rings (SSSR count). The maximum atomic E-state index is 6.03. The molecule has 0 aliphatic heterocycles. The van der Waals surface area contributed by atoms with Crippen LogP contribution in [0.25, 0.3) is 5.65 Å². The first-order chi connectivity index (χ1) is 6.24. The molecule has 0 bridgehead atoms. The van der Waals surface area contributed by atoms with E-state index in [2.05, 4.69) is 20.9 Å². The monoisotopic (exact) mass is 260 g/mol. The van der Waals surface area contributed by atoms with E-state index in [-0.39, 0.29) is 0 Å². The van der Waals surface area contributed by atoms with Crippen molar-refractivity contribution in [1.29, 1.82) is 0 Å². The first-order valence-electron chi connectivity index (χ1n) is 3.59. The van der Waals surface area contributed by atoms with Crippen LogP contribution in [-0.4, -0.2) is 16.5 Å². The van der Waals surface area contributed by atoms with Crippen molar-refractivity contribution in [3.05, 3.63) is 28.1 Å². The van der Waals surface area contributed by atoms with E-state index in [0.29, 0.717) is 16.4 Å². The zero-order chi connectivity index (χ0) is 9.42. The molecular weight excluding hydrogens is 255 g/mol. The van der Waals surface area contributed by atoms with Gasteiger partial charge in [-0.15, -0.1) is 0 Å². The summed E-state index contributed by atoms with van der Waals surface area (Å²) in [6.45, 7) is 0. The van der Waals surface area contributed by atoms with Crippen LogP contribution in [0.3, 0.4) is 0 Å². The predicted molar refractivity (Wildman–Crippen MR) is 54.5 cm³/mol. The third kappa shape index (κ3) is 1.30. The van der Waals surface area contributed by atoms with Crippen molar-refractivity contribution in [2.75, 3.05) is 7.11 Å². The molecule has 0 unspecified atom stereocenters. The van der Waals surface area contributed by atoms with Crippen molar-refractivity contribution in [1.82, 2.24) is 9.38 Å². The lowest BCUT2D eigenvalue weighted by atomic mass is 10.4. The summed E-state index contributed by atoms with van der Waals surface area (Å²) in [6.07, 6.45) is 3.54. The van der Waals surface area contributed by atoms with Crippen LogP contribution in [0.4, 0.5) is 0 Å². The van der Waals surface area contributed by atoms with Crippen LogP contribution in [-0.2, 0) is 0 Å².